The van der Waals surface area contributed by atoms with E-state index in [4.69, 9.17) is 51.4 Å². The number of thioether (sulfide) groups is 1. The van der Waals surface area contributed by atoms with Crippen molar-refractivity contribution in [3.8, 4) is 0 Å². The maximum Gasteiger partial charge on any atom is 0.678 e. The summed E-state index contributed by atoms with van der Waals surface area (Å²) in [5.74, 6) is 0. The largest absolute Gasteiger partial charge is 0.678 e. The van der Waals surface area contributed by atoms with Gasteiger partial charge in [-0.2, -0.15) is 0 Å². The van der Waals surface area contributed by atoms with Crippen LogP contribution in [0.4, 0.5) is 8.63 Å². The molecule has 2 heterocycles. The molecule has 0 saturated heterocycles. The Bertz CT molecular complexity index is 1600. The Hall–Kier alpha value is -2.13. The van der Waals surface area contributed by atoms with Gasteiger partial charge in [-0.25, -0.2) is 4.99 Å². The van der Waals surface area contributed by atoms with Gasteiger partial charge in [-0.15, -0.1) is 0 Å². The van der Waals surface area contributed by atoms with Crippen LogP contribution in [0.25, 0.3) is 5.57 Å². The van der Waals surface area contributed by atoms with Crippen molar-refractivity contribution < 1.29 is 8.63 Å². The first-order valence-corrected chi connectivity index (χ1v) is 14.3. The van der Waals surface area contributed by atoms with Gasteiger partial charge in [0.25, 0.3) is 0 Å². The van der Waals surface area contributed by atoms with Crippen LogP contribution in [-0.2, 0) is 0 Å². The molecule has 0 amide bonds. The van der Waals surface area contributed by atoms with Gasteiger partial charge in [0.15, 0.2) is 0 Å². The number of allylic oxidation sites excluding steroid dienone is 1. The first-order chi connectivity index (χ1) is 18.3. The maximum atomic E-state index is 14.6. The standard InChI is InChI=1S/C27H15BCl4F2N2S2/c29-17-6-10-23(19(31)14-17)37-25-12-8-21(35-25)27(16-4-2-1-3-5-16)22-9-13-26(36(22)28(33)34)38-24-11-7-18(30)15-20(24)32/h1-15H. The molecule has 4 aromatic rings. The van der Waals surface area contributed by atoms with Crippen LogP contribution < -0.4 is 0 Å². The van der Waals surface area contributed by atoms with E-state index in [0.29, 0.717) is 52.0 Å². The van der Waals surface area contributed by atoms with Crippen LogP contribution in [0.3, 0.4) is 0 Å². The minimum Gasteiger partial charge on any atom is -0.319 e. The van der Waals surface area contributed by atoms with Crippen molar-refractivity contribution in [3.63, 3.8) is 0 Å². The van der Waals surface area contributed by atoms with Gasteiger partial charge < -0.3 is 4.48 Å². The number of halogens is 6. The van der Waals surface area contributed by atoms with E-state index in [1.165, 1.54) is 11.8 Å². The molecule has 11 heteroatoms. The fraction of sp³-hybridized carbons (Fsp3) is 0. The van der Waals surface area contributed by atoms with E-state index in [-0.39, 0.29) is 0 Å². The Morgan fingerprint density at radius 2 is 1.37 bits per heavy atom. The molecule has 0 atom stereocenters. The summed E-state index contributed by atoms with van der Waals surface area (Å²) in [6.45, 7) is 0. The van der Waals surface area contributed by atoms with Gasteiger partial charge in [0, 0.05) is 31.1 Å². The lowest BCUT2D eigenvalue weighted by Crippen LogP contribution is -2.17. The molecule has 0 aliphatic carbocycles. The Kier molecular flexibility index (Phi) is 8.63. The van der Waals surface area contributed by atoms with E-state index >= 15 is 0 Å². The van der Waals surface area contributed by atoms with Crippen LogP contribution in [0, 0.1) is 0 Å². The smallest absolute Gasteiger partial charge is 0.319 e. The van der Waals surface area contributed by atoms with Crippen LogP contribution >= 0.6 is 69.9 Å². The van der Waals surface area contributed by atoms with Gasteiger partial charge >= 0.3 is 7.40 Å². The van der Waals surface area contributed by atoms with E-state index < -0.39 is 7.40 Å². The number of nitrogens with zero attached hydrogens (tertiary/aromatic N) is 2. The van der Waals surface area contributed by atoms with Crippen molar-refractivity contribution in [2.75, 3.05) is 0 Å². The molecule has 0 fully saturated rings. The van der Waals surface area contributed by atoms with Crippen molar-refractivity contribution in [2.24, 2.45) is 4.99 Å². The zero-order valence-corrected chi connectivity index (χ0v) is 23.9. The Labute approximate surface area is 247 Å². The van der Waals surface area contributed by atoms with Crippen LogP contribution in [0.1, 0.15) is 11.3 Å². The van der Waals surface area contributed by atoms with E-state index in [1.54, 1.807) is 42.5 Å². The molecule has 0 radical (unpaired) electrons. The normalized spacial score (nSPS) is 14.1. The lowest BCUT2D eigenvalue weighted by Gasteiger charge is -2.15. The second-order valence-corrected chi connectivity index (χ2v) is 11.8. The average molecular weight is 622 g/mol. The molecule has 3 aromatic carbocycles. The lowest BCUT2D eigenvalue weighted by molar-refractivity contribution is 0.615. The number of benzene rings is 3. The third kappa shape index (κ3) is 6.04. The van der Waals surface area contributed by atoms with Gasteiger partial charge in [-0.1, -0.05) is 100 Å². The number of aromatic nitrogens is 1. The number of hydrogen-bond acceptors (Lipinski definition) is 3. The van der Waals surface area contributed by atoms with E-state index in [2.05, 4.69) is 0 Å². The molecule has 0 bridgehead atoms. The highest BCUT2D eigenvalue weighted by molar-refractivity contribution is 8.14. The van der Waals surface area contributed by atoms with Crippen LogP contribution in [0.15, 0.2) is 117 Å². The number of hydrogen-bond donors (Lipinski definition) is 0. The summed E-state index contributed by atoms with van der Waals surface area (Å²) in [6.07, 6.45) is 3.66. The minimum atomic E-state index is -2.80. The van der Waals surface area contributed by atoms with Crippen LogP contribution in [0.5, 0.6) is 0 Å². The molecule has 38 heavy (non-hydrogen) atoms. The summed E-state index contributed by atoms with van der Waals surface area (Å²) in [6, 6.07) is 22.9. The molecule has 0 spiro atoms. The van der Waals surface area contributed by atoms with Gasteiger partial charge in [0.1, 0.15) is 5.04 Å². The summed E-state index contributed by atoms with van der Waals surface area (Å²) in [5, 5.41) is 2.92. The summed E-state index contributed by atoms with van der Waals surface area (Å²) >= 11 is 27.2. The van der Waals surface area contributed by atoms with Crippen molar-refractivity contribution in [3.05, 3.63) is 128 Å². The van der Waals surface area contributed by atoms with Crippen molar-refractivity contribution >= 4 is 87.9 Å². The Morgan fingerprint density at radius 3 is 1.97 bits per heavy atom. The predicted molar refractivity (Wildman–Crippen MR) is 160 cm³/mol. The van der Waals surface area contributed by atoms with Gasteiger partial charge in [0.05, 0.1) is 20.8 Å². The zero-order chi connectivity index (χ0) is 26.8. The van der Waals surface area contributed by atoms with Crippen molar-refractivity contribution in [1.29, 1.82) is 0 Å². The van der Waals surface area contributed by atoms with Gasteiger partial charge in [0.2, 0.25) is 0 Å². The molecule has 0 unspecified atom stereocenters. The first kappa shape index (κ1) is 27.4. The van der Waals surface area contributed by atoms with Crippen LogP contribution in [-0.4, -0.2) is 16.9 Å². The summed E-state index contributed by atoms with van der Waals surface area (Å²) in [4.78, 5) is 6.18. The Balaban J connectivity index is 1.59. The molecular formula is C27H15BCl4F2N2S2. The minimum absolute atomic E-state index is 0.331. The summed E-state index contributed by atoms with van der Waals surface area (Å²) in [5.41, 5.74) is 2.23. The SMILES string of the molecule is FB(F)n1c(Sc2ccc(Cl)cc2Cl)ccc1C(=C1C=CC(Sc2ccc(Cl)cc2Cl)=N1)c1ccccc1. The van der Waals surface area contributed by atoms with Crippen molar-refractivity contribution in [2.45, 2.75) is 14.8 Å². The fourth-order valence-corrected chi connectivity index (χ4v) is 6.61. The summed E-state index contributed by atoms with van der Waals surface area (Å²) in [7, 11) is -2.80. The van der Waals surface area contributed by atoms with Crippen LogP contribution in [0.2, 0.25) is 20.1 Å². The molecular weight excluding hydrogens is 607 g/mol. The van der Waals surface area contributed by atoms with Gasteiger partial charge in [-0.3, -0.25) is 8.63 Å². The topological polar surface area (TPSA) is 17.3 Å². The fourth-order valence-electron chi connectivity index (χ4n) is 3.83. The highest BCUT2D eigenvalue weighted by Crippen LogP contribution is 2.40. The van der Waals surface area contributed by atoms with E-state index in [0.717, 1.165) is 26.7 Å². The van der Waals surface area contributed by atoms with Crippen molar-refractivity contribution in [1.82, 2.24) is 4.48 Å². The predicted octanol–water partition coefficient (Wildman–Crippen LogP) is 10.5. The first-order valence-electron chi connectivity index (χ1n) is 11.1. The number of rotatable bonds is 6. The highest BCUT2D eigenvalue weighted by atomic mass is 35.5. The zero-order valence-electron chi connectivity index (χ0n) is 19.2. The maximum absolute atomic E-state index is 14.6. The second-order valence-electron chi connectivity index (χ2n) is 7.97. The lowest BCUT2D eigenvalue weighted by atomic mass is 9.99. The Morgan fingerprint density at radius 1 is 0.737 bits per heavy atom. The third-order valence-corrected chi connectivity index (χ3v) is 8.93. The monoisotopic (exact) mass is 620 g/mol. The average Bonchev–Trinajstić information content (AvgIpc) is 3.51. The molecule has 1 aliphatic rings. The summed E-state index contributed by atoms with van der Waals surface area (Å²) < 4.78 is 30.2. The third-order valence-electron chi connectivity index (χ3n) is 5.48. The quantitative estimate of drug-likeness (QED) is 0.199. The van der Waals surface area contributed by atoms with E-state index in [1.807, 2.05) is 48.6 Å². The highest BCUT2D eigenvalue weighted by Gasteiger charge is 2.28. The second kappa shape index (κ2) is 11.9. The molecule has 1 aliphatic heterocycles. The molecule has 0 N–H and O–H groups in total. The van der Waals surface area contributed by atoms with E-state index in [9.17, 15) is 8.63 Å². The molecule has 0 saturated carbocycles. The molecule has 190 valence electrons. The molecule has 2 nitrogen and oxygen atoms in total. The number of aliphatic imine (C=N–C) groups is 1. The molecule has 5 rings (SSSR count). The van der Waals surface area contributed by atoms with Gasteiger partial charge in [-0.05, 0) is 66.2 Å². The molecule has 1 aromatic heterocycles.